The van der Waals surface area contributed by atoms with Gasteiger partial charge in [0, 0.05) is 21.4 Å². The molecule has 0 fully saturated rings. The molecule has 0 spiro atoms. The predicted molar refractivity (Wildman–Crippen MR) is 75.0 cm³/mol. The fraction of sp³-hybridized carbons (Fsp3) is 0.333. The molecule has 1 aliphatic rings. The van der Waals surface area contributed by atoms with E-state index in [1.165, 1.54) is 10.4 Å². The molecule has 2 aromatic rings. The highest BCUT2D eigenvalue weighted by molar-refractivity contribution is 7.12. The standard InChI is InChI=1S/C15H12ClF3S/c16-15(9-6-11(18)12(19)7-10(9)17)14-5-8-3-1-2-4-13(8)20-14/h5-7,15H,1-4H2. The third-order valence-electron chi connectivity index (χ3n) is 3.58. The molecule has 1 atom stereocenters. The lowest BCUT2D eigenvalue weighted by Gasteiger charge is -2.09. The summed E-state index contributed by atoms with van der Waals surface area (Å²) in [6, 6.07) is 3.37. The van der Waals surface area contributed by atoms with Gasteiger partial charge in [-0.2, -0.15) is 0 Å². The lowest BCUT2D eigenvalue weighted by atomic mass is 9.98. The highest BCUT2D eigenvalue weighted by Crippen LogP contribution is 2.39. The molecule has 0 saturated heterocycles. The summed E-state index contributed by atoms with van der Waals surface area (Å²) in [4.78, 5) is 2.07. The number of hydrogen-bond donors (Lipinski definition) is 0. The number of thiophene rings is 1. The van der Waals surface area contributed by atoms with Gasteiger partial charge in [0.2, 0.25) is 0 Å². The zero-order chi connectivity index (χ0) is 14.3. The Bertz CT molecular complexity index is 627. The second-order valence-electron chi connectivity index (χ2n) is 4.95. The fourth-order valence-corrected chi connectivity index (χ4v) is 4.14. The van der Waals surface area contributed by atoms with Crippen LogP contribution in [0.5, 0.6) is 0 Å². The molecule has 0 N–H and O–H groups in total. The van der Waals surface area contributed by atoms with E-state index in [2.05, 4.69) is 0 Å². The second kappa shape index (κ2) is 5.41. The molecule has 0 aliphatic heterocycles. The van der Waals surface area contributed by atoms with E-state index < -0.39 is 22.8 Å². The van der Waals surface area contributed by atoms with Crippen molar-refractivity contribution in [2.24, 2.45) is 0 Å². The molecule has 5 heteroatoms. The van der Waals surface area contributed by atoms with E-state index in [0.717, 1.165) is 36.6 Å². The van der Waals surface area contributed by atoms with Crippen molar-refractivity contribution in [2.75, 3.05) is 0 Å². The number of benzene rings is 1. The third kappa shape index (κ3) is 2.47. The van der Waals surface area contributed by atoms with Gasteiger partial charge in [0.05, 0.1) is 5.38 Å². The lowest BCUT2D eigenvalue weighted by molar-refractivity contribution is 0.490. The van der Waals surface area contributed by atoms with Gasteiger partial charge >= 0.3 is 0 Å². The Labute approximate surface area is 124 Å². The molecular formula is C15H12ClF3S. The molecule has 0 radical (unpaired) electrons. The molecule has 0 amide bonds. The van der Waals surface area contributed by atoms with E-state index in [0.29, 0.717) is 6.07 Å². The highest BCUT2D eigenvalue weighted by atomic mass is 35.5. The van der Waals surface area contributed by atoms with Crippen LogP contribution in [0.15, 0.2) is 18.2 Å². The van der Waals surface area contributed by atoms with Crippen molar-refractivity contribution in [3.63, 3.8) is 0 Å². The molecule has 1 aromatic heterocycles. The third-order valence-corrected chi connectivity index (χ3v) is 5.48. The van der Waals surface area contributed by atoms with Crippen LogP contribution in [0.25, 0.3) is 0 Å². The molecule has 1 aliphatic carbocycles. The van der Waals surface area contributed by atoms with Crippen molar-refractivity contribution in [1.82, 2.24) is 0 Å². The summed E-state index contributed by atoms with van der Waals surface area (Å²) in [6.07, 6.45) is 4.33. The van der Waals surface area contributed by atoms with Gasteiger partial charge in [0.1, 0.15) is 5.82 Å². The average molecular weight is 317 g/mol. The van der Waals surface area contributed by atoms with Gasteiger partial charge < -0.3 is 0 Å². The Morgan fingerprint density at radius 1 is 0.950 bits per heavy atom. The monoisotopic (exact) mass is 316 g/mol. The average Bonchev–Trinajstić information content (AvgIpc) is 2.86. The van der Waals surface area contributed by atoms with E-state index in [9.17, 15) is 13.2 Å². The summed E-state index contributed by atoms with van der Waals surface area (Å²) >= 11 is 7.80. The first-order valence-corrected chi connectivity index (χ1v) is 7.71. The summed E-state index contributed by atoms with van der Waals surface area (Å²) in [6.45, 7) is 0. The molecule has 106 valence electrons. The number of fused-ring (bicyclic) bond motifs is 1. The molecule has 20 heavy (non-hydrogen) atoms. The van der Waals surface area contributed by atoms with Gasteiger partial charge in [-0.3, -0.25) is 0 Å². The van der Waals surface area contributed by atoms with Gasteiger partial charge in [-0.05, 0) is 43.4 Å². The van der Waals surface area contributed by atoms with Crippen molar-refractivity contribution >= 4 is 22.9 Å². The SMILES string of the molecule is Fc1cc(F)c(C(Cl)c2cc3c(s2)CCCC3)cc1F. The largest absolute Gasteiger partial charge is 0.207 e. The number of alkyl halides is 1. The quantitative estimate of drug-likeness (QED) is 0.516. The molecule has 1 heterocycles. The Morgan fingerprint density at radius 2 is 1.65 bits per heavy atom. The van der Waals surface area contributed by atoms with Crippen LogP contribution in [0.3, 0.4) is 0 Å². The lowest BCUT2D eigenvalue weighted by Crippen LogP contribution is -1.99. The fourth-order valence-electron chi connectivity index (χ4n) is 2.52. The minimum atomic E-state index is -1.19. The topological polar surface area (TPSA) is 0 Å². The molecule has 0 bridgehead atoms. The van der Waals surface area contributed by atoms with Crippen LogP contribution < -0.4 is 0 Å². The van der Waals surface area contributed by atoms with Crippen LogP contribution in [0, 0.1) is 17.5 Å². The van der Waals surface area contributed by atoms with Crippen molar-refractivity contribution < 1.29 is 13.2 Å². The van der Waals surface area contributed by atoms with E-state index in [1.807, 2.05) is 6.07 Å². The number of aryl methyl sites for hydroxylation is 2. The van der Waals surface area contributed by atoms with Crippen LogP contribution in [-0.4, -0.2) is 0 Å². The van der Waals surface area contributed by atoms with Gasteiger partial charge in [0.15, 0.2) is 11.6 Å². The zero-order valence-electron chi connectivity index (χ0n) is 10.6. The van der Waals surface area contributed by atoms with Crippen molar-refractivity contribution in [1.29, 1.82) is 0 Å². The minimum Gasteiger partial charge on any atom is -0.207 e. The van der Waals surface area contributed by atoms with E-state index in [1.54, 1.807) is 11.3 Å². The molecule has 0 nitrogen and oxygen atoms in total. The van der Waals surface area contributed by atoms with Crippen LogP contribution in [0.2, 0.25) is 0 Å². The van der Waals surface area contributed by atoms with Crippen molar-refractivity contribution in [3.8, 4) is 0 Å². The van der Waals surface area contributed by atoms with E-state index >= 15 is 0 Å². The van der Waals surface area contributed by atoms with Crippen LogP contribution in [-0.2, 0) is 12.8 Å². The molecule has 1 aromatic carbocycles. The molecule has 3 rings (SSSR count). The smallest absolute Gasteiger partial charge is 0.161 e. The van der Waals surface area contributed by atoms with Gasteiger partial charge in [-0.25, -0.2) is 13.2 Å². The Hall–Kier alpha value is -1.00. The Balaban J connectivity index is 1.98. The summed E-state index contributed by atoms with van der Waals surface area (Å²) < 4.78 is 40.0. The van der Waals surface area contributed by atoms with Crippen LogP contribution >= 0.6 is 22.9 Å². The first-order chi connectivity index (χ1) is 9.56. The molecule has 1 unspecified atom stereocenters. The van der Waals surface area contributed by atoms with Gasteiger partial charge in [0.25, 0.3) is 0 Å². The maximum atomic E-state index is 13.8. The van der Waals surface area contributed by atoms with Gasteiger partial charge in [-0.15, -0.1) is 22.9 Å². The molecular weight excluding hydrogens is 305 g/mol. The zero-order valence-corrected chi connectivity index (χ0v) is 12.1. The van der Waals surface area contributed by atoms with E-state index in [-0.39, 0.29) is 5.56 Å². The Kier molecular flexibility index (Phi) is 3.78. The summed E-state index contributed by atoms with van der Waals surface area (Å²) in [5, 5.41) is -0.777. The van der Waals surface area contributed by atoms with Crippen molar-refractivity contribution in [3.05, 3.63) is 56.5 Å². The number of halogens is 4. The molecule has 0 saturated carbocycles. The normalized spacial score (nSPS) is 16.0. The summed E-state index contributed by atoms with van der Waals surface area (Å²) in [7, 11) is 0. The maximum absolute atomic E-state index is 13.8. The predicted octanol–water partition coefficient (Wildman–Crippen LogP) is 5.37. The maximum Gasteiger partial charge on any atom is 0.161 e. The summed E-state index contributed by atoms with van der Waals surface area (Å²) in [5.74, 6) is -3.08. The second-order valence-corrected chi connectivity index (χ2v) is 6.56. The minimum absolute atomic E-state index is 0.0100. The summed E-state index contributed by atoms with van der Waals surface area (Å²) in [5.41, 5.74) is 1.24. The first-order valence-electron chi connectivity index (χ1n) is 6.46. The van der Waals surface area contributed by atoms with Gasteiger partial charge in [-0.1, -0.05) is 0 Å². The van der Waals surface area contributed by atoms with Crippen LogP contribution in [0.1, 0.15) is 39.1 Å². The first kappa shape index (κ1) is 14.0. The van der Waals surface area contributed by atoms with Crippen LogP contribution in [0.4, 0.5) is 13.2 Å². The van der Waals surface area contributed by atoms with Crippen molar-refractivity contribution in [2.45, 2.75) is 31.1 Å². The highest BCUT2D eigenvalue weighted by Gasteiger charge is 2.22. The van der Waals surface area contributed by atoms with E-state index in [4.69, 9.17) is 11.6 Å². The number of rotatable bonds is 2. The Morgan fingerprint density at radius 3 is 2.40 bits per heavy atom. The number of hydrogen-bond acceptors (Lipinski definition) is 1.